The van der Waals surface area contributed by atoms with Crippen LogP contribution in [0.25, 0.3) is 0 Å². The van der Waals surface area contributed by atoms with Crippen LogP contribution in [0.3, 0.4) is 0 Å². The Morgan fingerprint density at radius 1 is 1.04 bits per heavy atom. The highest BCUT2D eigenvalue weighted by Gasteiger charge is 2.12. The molecule has 1 aliphatic rings. The van der Waals surface area contributed by atoms with Crippen molar-refractivity contribution < 1.29 is 0 Å². The van der Waals surface area contributed by atoms with E-state index in [1.54, 1.807) is 11.3 Å². The second kappa shape index (κ2) is 11.2. The molecular weight excluding hydrogens is 366 g/mol. The number of hydrogen-bond donors (Lipinski definition) is 2. The first-order chi connectivity index (χ1) is 13.7. The number of nitrogens with zero attached hydrogens (tertiary/aromatic N) is 3. The molecule has 28 heavy (non-hydrogen) atoms. The summed E-state index contributed by atoms with van der Waals surface area (Å²) < 4.78 is 0. The predicted molar refractivity (Wildman–Crippen MR) is 120 cm³/mol. The van der Waals surface area contributed by atoms with Crippen LogP contribution in [-0.4, -0.2) is 62.6 Å². The summed E-state index contributed by atoms with van der Waals surface area (Å²) >= 11 is 1.80. The lowest BCUT2D eigenvalue weighted by Crippen LogP contribution is -2.37. The van der Waals surface area contributed by atoms with Gasteiger partial charge in [-0.15, -0.1) is 11.3 Å². The molecule has 0 spiro atoms. The largest absolute Gasteiger partial charge is 0.356 e. The molecule has 0 unspecified atom stereocenters. The van der Waals surface area contributed by atoms with Crippen molar-refractivity contribution in [2.45, 2.75) is 25.9 Å². The minimum Gasteiger partial charge on any atom is -0.356 e. The Morgan fingerprint density at radius 2 is 1.86 bits per heavy atom. The lowest BCUT2D eigenvalue weighted by Gasteiger charge is -2.20. The van der Waals surface area contributed by atoms with E-state index in [-0.39, 0.29) is 0 Å². The molecule has 2 aromatic rings. The Kier molecular flexibility index (Phi) is 8.33. The van der Waals surface area contributed by atoms with Gasteiger partial charge in [-0.05, 0) is 55.6 Å². The number of rotatable bonds is 7. The third-order valence-electron chi connectivity index (χ3n) is 5.17. The molecule has 0 atom stereocenters. The lowest BCUT2D eigenvalue weighted by molar-refractivity contribution is 0.269. The highest BCUT2D eigenvalue weighted by Crippen LogP contribution is 2.10. The van der Waals surface area contributed by atoms with Crippen LogP contribution in [0.2, 0.25) is 0 Å². The zero-order valence-electron chi connectivity index (χ0n) is 17.2. The van der Waals surface area contributed by atoms with Crippen molar-refractivity contribution in [3.63, 3.8) is 0 Å². The van der Waals surface area contributed by atoms with E-state index < -0.39 is 0 Å². The van der Waals surface area contributed by atoms with Gasteiger partial charge in [0.2, 0.25) is 0 Å². The van der Waals surface area contributed by atoms with Crippen LogP contribution >= 0.6 is 11.3 Å². The van der Waals surface area contributed by atoms with Crippen LogP contribution in [0.5, 0.6) is 0 Å². The Labute approximate surface area is 173 Å². The molecule has 5 nitrogen and oxygen atoms in total. The summed E-state index contributed by atoms with van der Waals surface area (Å²) in [5.41, 5.74) is 2.67. The van der Waals surface area contributed by atoms with Crippen LogP contribution < -0.4 is 10.6 Å². The van der Waals surface area contributed by atoms with Gasteiger partial charge < -0.3 is 15.5 Å². The fourth-order valence-corrected chi connectivity index (χ4v) is 4.15. The Balaban J connectivity index is 1.40. The number of benzene rings is 1. The molecule has 1 aromatic carbocycles. The van der Waals surface area contributed by atoms with Crippen LogP contribution in [-0.2, 0) is 19.5 Å². The first-order valence-electron chi connectivity index (χ1n) is 10.2. The zero-order valence-corrected chi connectivity index (χ0v) is 18.0. The summed E-state index contributed by atoms with van der Waals surface area (Å²) in [7, 11) is 4.04. The molecule has 1 aliphatic heterocycles. The third kappa shape index (κ3) is 6.93. The van der Waals surface area contributed by atoms with Crippen molar-refractivity contribution in [1.82, 2.24) is 20.4 Å². The van der Waals surface area contributed by atoms with Crippen LogP contribution in [0.1, 0.15) is 22.4 Å². The van der Waals surface area contributed by atoms with Gasteiger partial charge in [-0.25, -0.2) is 0 Å². The maximum atomic E-state index is 4.32. The van der Waals surface area contributed by atoms with E-state index in [0.29, 0.717) is 0 Å². The van der Waals surface area contributed by atoms with E-state index in [2.05, 4.69) is 74.3 Å². The fraction of sp³-hybridized carbons (Fsp3) is 0.500. The van der Waals surface area contributed by atoms with Gasteiger partial charge in [-0.1, -0.05) is 30.3 Å². The smallest absolute Gasteiger partial charge is 0.191 e. The third-order valence-corrected chi connectivity index (χ3v) is 6.10. The topological polar surface area (TPSA) is 42.9 Å². The van der Waals surface area contributed by atoms with Crippen molar-refractivity contribution in [3.05, 3.63) is 57.8 Å². The van der Waals surface area contributed by atoms with Crippen molar-refractivity contribution in [1.29, 1.82) is 0 Å². The predicted octanol–water partition coefficient (Wildman–Crippen LogP) is 2.79. The standard InChI is InChI=1S/C22H33N5S/c1-23-22(24-11-10-21-5-3-16-28-21)25-17-19-6-8-20(9-7-19)18-27-13-4-12-26(2)14-15-27/h3,5-9,16H,4,10-15,17-18H2,1-2H3,(H2,23,24,25). The molecule has 0 bridgehead atoms. The molecule has 152 valence electrons. The molecule has 0 aliphatic carbocycles. The molecule has 0 saturated carbocycles. The molecule has 6 heteroatoms. The quantitative estimate of drug-likeness (QED) is 0.555. The van der Waals surface area contributed by atoms with Gasteiger partial charge in [0.05, 0.1) is 0 Å². The fourth-order valence-electron chi connectivity index (χ4n) is 3.44. The van der Waals surface area contributed by atoms with E-state index >= 15 is 0 Å². The summed E-state index contributed by atoms with van der Waals surface area (Å²) in [4.78, 5) is 10.7. The van der Waals surface area contributed by atoms with Gasteiger partial charge in [0.25, 0.3) is 0 Å². The van der Waals surface area contributed by atoms with Gasteiger partial charge >= 0.3 is 0 Å². The Bertz CT molecular complexity index is 711. The van der Waals surface area contributed by atoms with Crippen LogP contribution in [0.15, 0.2) is 46.8 Å². The second-order valence-electron chi connectivity index (χ2n) is 7.43. The monoisotopic (exact) mass is 399 g/mol. The molecular formula is C22H33N5S. The first kappa shape index (κ1) is 20.8. The Morgan fingerprint density at radius 3 is 2.61 bits per heavy atom. The van der Waals surface area contributed by atoms with Gasteiger partial charge in [-0.3, -0.25) is 9.89 Å². The summed E-state index contributed by atoms with van der Waals surface area (Å²) in [6, 6.07) is 13.3. The van der Waals surface area contributed by atoms with E-state index in [1.165, 1.54) is 42.1 Å². The highest BCUT2D eigenvalue weighted by molar-refractivity contribution is 7.09. The highest BCUT2D eigenvalue weighted by atomic mass is 32.1. The Hall–Kier alpha value is -1.89. The number of likely N-dealkylation sites (N-methyl/N-ethyl adjacent to an activating group) is 1. The average molecular weight is 400 g/mol. The van der Waals surface area contributed by atoms with Crippen molar-refractivity contribution in [2.24, 2.45) is 4.99 Å². The lowest BCUT2D eigenvalue weighted by atomic mass is 10.1. The minimum absolute atomic E-state index is 0.785. The van der Waals surface area contributed by atoms with Crippen molar-refractivity contribution in [2.75, 3.05) is 46.8 Å². The molecule has 2 N–H and O–H groups in total. The van der Waals surface area contributed by atoms with E-state index in [0.717, 1.165) is 38.6 Å². The van der Waals surface area contributed by atoms with Crippen molar-refractivity contribution >= 4 is 17.3 Å². The number of thiophene rings is 1. The molecule has 1 fully saturated rings. The van der Waals surface area contributed by atoms with Gasteiger partial charge in [0, 0.05) is 44.6 Å². The molecule has 2 heterocycles. The molecule has 1 saturated heterocycles. The first-order valence-corrected chi connectivity index (χ1v) is 11.1. The normalized spacial score (nSPS) is 16.7. The molecule has 1 aromatic heterocycles. The second-order valence-corrected chi connectivity index (χ2v) is 8.46. The maximum absolute atomic E-state index is 4.32. The molecule has 3 rings (SSSR count). The number of guanidine groups is 1. The SMILES string of the molecule is CN=C(NCCc1cccs1)NCc1ccc(CN2CCCN(C)CC2)cc1. The minimum atomic E-state index is 0.785. The number of nitrogens with one attached hydrogen (secondary N) is 2. The summed E-state index contributed by atoms with van der Waals surface area (Å²) in [5.74, 6) is 0.856. The van der Waals surface area contributed by atoms with E-state index in [1.807, 2.05) is 7.05 Å². The maximum Gasteiger partial charge on any atom is 0.191 e. The average Bonchev–Trinajstić information content (AvgIpc) is 3.15. The molecule has 0 radical (unpaired) electrons. The van der Waals surface area contributed by atoms with Crippen LogP contribution in [0, 0.1) is 0 Å². The number of aliphatic imine (C=N–C) groups is 1. The van der Waals surface area contributed by atoms with Crippen molar-refractivity contribution in [3.8, 4) is 0 Å². The summed E-state index contributed by atoms with van der Waals surface area (Å²) in [5, 5.41) is 8.92. The van der Waals surface area contributed by atoms with Gasteiger partial charge in [-0.2, -0.15) is 0 Å². The van der Waals surface area contributed by atoms with Crippen LogP contribution in [0.4, 0.5) is 0 Å². The van der Waals surface area contributed by atoms with Gasteiger partial charge in [0.15, 0.2) is 5.96 Å². The van der Waals surface area contributed by atoms with Gasteiger partial charge in [0.1, 0.15) is 0 Å². The van der Waals surface area contributed by atoms with E-state index in [9.17, 15) is 0 Å². The number of hydrogen-bond acceptors (Lipinski definition) is 4. The van der Waals surface area contributed by atoms with E-state index in [4.69, 9.17) is 0 Å². The zero-order chi connectivity index (χ0) is 19.6. The summed E-state index contributed by atoms with van der Waals surface area (Å²) in [6.07, 6.45) is 2.29. The summed E-state index contributed by atoms with van der Waals surface area (Å²) in [6.45, 7) is 7.46. The molecule has 0 amide bonds.